The molecule has 38 heavy (non-hydrogen) atoms. The van der Waals surface area contributed by atoms with E-state index in [-0.39, 0.29) is 12.0 Å². The molecular weight excluding hydrogens is 510 g/mol. The van der Waals surface area contributed by atoms with Crippen LogP contribution < -0.4 is 15.4 Å². The van der Waals surface area contributed by atoms with E-state index >= 15 is 0 Å². The van der Waals surface area contributed by atoms with E-state index in [1.165, 1.54) is 6.19 Å². The number of carbonyl (C=O) groups is 2. The number of hydrogen-bond donors (Lipinski definition) is 3. The number of rotatable bonds is 7. The van der Waals surface area contributed by atoms with Crippen LogP contribution in [0.15, 0.2) is 54.6 Å². The molecule has 12 nitrogen and oxygen atoms in total. The highest BCUT2D eigenvalue weighted by atomic mass is 32.2. The van der Waals surface area contributed by atoms with Gasteiger partial charge in [-0.1, -0.05) is 50.6 Å². The molecule has 3 amide bonds. The highest BCUT2D eigenvalue weighted by Crippen LogP contribution is 2.26. The van der Waals surface area contributed by atoms with Crippen LogP contribution in [0.2, 0.25) is 0 Å². The number of nitriles is 1. The number of nitrogens with one attached hydrogen (secondary N) is 3. The molecule has 0 bridgehead atoms. The van der Waals surface area contributed by atoms with Crippen molar-refractivity contribution in [3.8, 4) is 11.9 Å². The van der Waals surface area contributed by atoms with E-state index in [0.29, 0.717) is 27.1 Å². The van der Waals surface area contributed by atoms with E-state index in [4.69, 9.17) is 10.00 Å². The third-order valence-corrected chi connectivity index (χ3v) is 6.52. The zero-order valence-corrected chi connectivity index (χ0v) is 22.5. The van der Waals surface area contributed by atoms with Crippen LogP contribution in [-0.4, -0.2) is 41.7 Å². The van der Waals surface area contributed by atoms with Crippen molar-refractivity contribution in [1.29, 1.82) is 5.26 Å². The summed E-state index contributed by atoms with van der Waals surface area (Å²) in [6.07, 6.45) is 0.166. The predicted molar refractivity (Wildman–Crippen MR) is 142 cm³/mol. The van der Waals surface area contributed by atoms with Gasteiger partial charge in [-0.15, -0.1) is 0 Å². The minimum atomic E-state index is -4.31. The number of ether oxygens (including phenoxy) is 1. The normalized spacial score (nSPS) is 11.3. The van der Waals surface area contributed by atoms with Gasteiger partial charge < -0.3 is 10.1 Å². The van der Waals surface area contributed by atoms with Crippen molar-refractivity contribution in [2.45, 2.75) is 39.7 Å². The Morgan fingerprint density at radius 2 is 1.71 bits per heavy atom. The monoisotopic (exact) mass is 539 g/mol. The quantitative estimate of drug-likeness (QED) is 0.302. The van der Waals surface area contributed by atoms with E-state index in [0.717, 1.165) is 18.3 Å². The Morgan fingerprint density at radius 3 is 2.29 bits per heavy atom. The van der Waals surface area contributed by atoms with Crippen molar-refractivity contribution in [2.24, 2.45) is 0 Å². The van der Waals surface area contributed by atoms with Crippen LogP contribution in [0.4, 0.5) is 21.1 Å². The molecule has 2 aromatic carbocycles. The molecule has 0 fully saturated rings. The number of amides is 3. The first-order valence-corrected chi connectivity index (χ1v) is 12.9. The smallest absolute Gasteiger partial charge is 0.422 e. The molecule has 13 heteroatoms. The molecule has 0 saturated carbocycles. The molecule has 1 heterocycles. The molecule has 0 saturated heterocycles. The molecule has 0 unspecified atom stereocenters. The summed E-state index contributed by atoms with van der Waals surface area (Å²) < 4.78 is 31.9. The second kappa shape index (κ2) is 11.2. The summed E-state index contributed by atoms with van der Waals surface area (Å²) in [5.74, 6) is 0.453. The molecule has 0 atom stereocenters. The van der Waals surface area contributed by atoms with Crippen LogP contribution in [0.5, 0.6) is 0 Å². The molecule has 3 rings (SSSR count). The second-order valence-corrected chi connectivity index (χ2v) is 11.1. The van der Waals surface area contributed by atoms with Crippen molar-refractivity contribution >= 4 is 33.8 Å². The maximum atomic E-state index is 12.7. The standard InChI is InChI=1S/C25H29N7O5S/c1-17-6-10-19(11-7-17)27-23(33)28-22-14-21(25(2,3)4)29-32(22)20-12-8-18(9-13-20)15-37-24(34)30-38(35,36)31(5)16-26/h6-14H,15H2,1-5H3,(H,30,34)(H2,27,28,33). The first-order valence-electron chi connectivity index (χ1n) is 11.5. The predicted octanol–water partition coefficient (Wildman–Crippen LogP) is 4.01. The average Bonchev–Trinajstić information content (AvgIpc) is 3.28. The minimum absolute atomic E-state index is 0.214. The Hall–Kier alpha value is -4.57. The molecule has 1 aromatic heterocycles. The molecule has 3 aromatic rings. The van der Waals surface area contributed by atoms with Gasteiger partial charge in [-0.25, -0.2) is 14.3 Å². The average molecular weight is 540 g/mol. The van der Waals surface area contributed by atoms with Crippen LogP contribution in [-0.2, 0) is 27.0 Å². The molecule has 0 aliphatic rings. The molecule has 200 valence electrons. The fraction of sp³-hybridized carbons (Fsp3) is 0.280. The number of hydrogen-bond acceptors (Lipinski definition) is 7. The Labute approximate surface area is 221 Å². The fourth-order valence-electron chi connectivity index (χ4n) is 3.09. The van der Waals surface area contributed by atoms with Gasteiger partial charge in [-0.2, -0.15) is 27.8 Å². The fourth-order valence-corrected chi connectivity index (χ4v) is 3.60. The lowest BCUT2D eigenvalue weighted by molar-refractivity contribution is 0.145. The third kappa shape index (κ3) is 7.23. The van der Waals surface area contributed by atoms with Crippen molar-refractivity contribution in [3.63, 3.8) is 0 Å². The molecule has 0 spiro atoms. The largest absolute Gasteiger partial charge is 0.444 e. The van der Waals surface area contributed by atoms with E-state index in [9.17, 15) is 18.0 Å². The molecular formula is C25H29N7O5S. The van der Waals surface area contributed by atoms with E-state index in [1.54, 1.807) is 39.7 Å². The third-order valence-electron chi connectivity index (χ3n) is 5.29. The SMILES string of the molecule is Cc1ccc(NC(=O)Nc2cc(C(C)(C)C)nn2-c2ccc(COC(=O)NS(=O)(=O)N(C)C#N)cc2)cc1. The number of anilines is 2. The lowest BCUT2D eigenvalue weighted by atomic mass is 9.92. The number of aryl methyl sites for hydroxylation is 1. The lowest BCUT2D eigenvalue weighted by Crippen LogP contribution is -2.39. The van der Waals surface area contributed by atoms with Crippen LogP contribution in [0.25, 0.3) is 5.69 Å². The van der Waals surface area contributed by atoms with Gasteiger partial charge >= 0.3 is 22.3 Å². The van der Waals surface area contributed by atoms with Gasteiger partial charge in [0.25, 0.3) is 0 Å². The summed E-state index contributed by atoms with van der Waals surface area (Å²) in [6, 6.07) is 15.6. The number of urea groups is 1. The van der Waals surface area contributed by atoms with Crippen LogP contribution in [0.1, 0.15) is 37.6 Å². The summed E-state index contributed by atoms with van der Waals surface area (Å²) in [6.45, 7) is 7.78. The Morgan fingerprint density at radius 1 is 1.08 bits per heavy atom. The van der Waals surface area contributed by atoms with Gasteiger partial charge in [0.2, 0.25) is 0 Å². The van der Waals surface area contributed by atoms with Gasteiger partial charge in [-0.05, 0) is 36.8 Å². The van der Waals surface area contributed by atoms with Gasteiger partial charge in [-0.3, -0.25) is 5.32 Å². The van der Waals surface area contributed by atoms with Crippen LogP contribution in [0, 0.1) is 18.4 Å². The maximum absolute atomic E-state index is 12.7. The number of carbonyl (C=O) groups excluding carboxylic acids is 2. The number of benzene rings is 2. The van der Waals surface area contributed by atoms with Crippen molar-refractivity contribution in [2.75, 3.05) is 17.7 Å². The van der Waals surface area contributed by atoms with Crippen molar-refractivity contribution < 1.29 is 22.7 Å². The Bertz CT molecular complexity index is 1450. The molecule has 3 N–H and O–H groups in total. The van der Waals surface area contributed by atoms with Crippen molar-refractivity contribution in [1.82, 2.24) is 18.8 Å². The van der Waals surface area contributed by atoms with Gasteiger partial charge in [0.05, 0.1) is 11.4 Å². The number of aromatic nitrogens is 2. The zero-order chi connectivity index (χ0) is 28.1. The van der Waals surface area contributed by atoms with Gasteiger partial charge in [0, 0.05) is 24.2 Å². The Kier molecular flexibility index (Phi) is 8.27. The second-order valence-electron chi connectivity index (χ2n) is 9.44. The maximum Gasteiger partial charge on any atom is 0.422 e. The zero-order valence-electron chi connectivity index (χ0n) is 21.6. The van der Waals surface area contributed by atoms with Crippen LogP contribution >= 0.6 is 0 Å². The van der Waals surface area contributed by atoms with Crippen molar-refractivity contribution in [3.05, 3.63) is 71.4 Å². The summed E-state index contributed by atoms with van der Waals surface area (Å²) in [5.41, 5.74) is 3.42. The summed E-state index contributed by atoms with van der Waals surface area (Å²) in [5, 5.41) is 19.0. The highest BCUT2D eigenvalue weighted by molar-refractivity contribution is 7.87. The topological polar surface area (TPSA) is 158 Å². The summed E-state index contributed by atoms with van der Waals surface area (Å²) >= 11 is 0. The summed E-state index contributed by atoms with van der Waals surface area (Å²) in [4.78, 5) is 24.5. The number of nitrogens with zero attached hydrogens (tertiary/aromatic N) is 4. The molecule has 0 aliphatic carbocycles. The Balaban J connectivity index is 1.74. The van der Waals surface area contributed by atoms with Crippen LogP contribution in [0.3, 0.4) is 0 Å². The highest BCUT2D eigenvalue weighted by Gasteiger charge is 2.22. The minimum Gasteiger partial charge on any atom is -0.444 e. The van der Waals surface area contributed by atoms with E-state index in [1.807, 2.05) is 52.0 Å². The molecule has 0 aliphatic heterocycles. The van der Waals surface area contributed by atoms with E-state index in [2.05, 4.69) is 15.7 Å². The lowest BCUT2D eigenvalue weighted by Gasteiger charge is -2.14. The summed E-state index contributed by atoms with van der Waals surface area (Å²) in [7, 11) is -3.32. The van der Waals surface area contributed by atoms with Gasteiger partial charge in [0.1, 0.15) is 12.4 Å². The first kappa shape index (κ1) is 28.0. The van der Waals surface area contributed by atoms with Gasteiger partial charge in [0.15, 0.2) is 6.19 Å². The molecule has 0 radical (unpaired) electrons. The first-order chi connectivity index (χ1) is 17.8. The van der Waals surface area contributed by atoms with E-state index < -0.39 is 22.3 Å².